The highest BCUT2D eigenvalue weighted by atomic mass is 16.5. The van der Waals surface area contributed by atoms with Crippen molar-refractivity contribution in [3.63, 3.8) is 0 Å². The first-order valence-electron chi connectivity index (χ1n) is 9.45. The Bertz CT molecular complexity index is 962. The van der Waals surface area contributed by atoms with Crippen LogP contribution in [-0.2, 0) is 0 Å². The molecular formula is C22H24N4O2. The van der Waals surface area contributed by atoms with Gasteiger partial charge in [0.2, 0.25) is 0 Å². The van der Waals surface area contributed by atoms with Crippen molar-refractivity contribution in [3.05, 3.63) is 66.4 Å². The van der Waals surface area contributed by atoms with Crippen LogP contribution in [0.1, 0.15) is 16.8 Å². The van der Waals surface area contributed by atoms with Gasteiger partial charge in [-0.1, -0.05) is 30.3 Å². The second kappa shape index (κ2) is 7.86. The second-order valence-electron chi connectivity index (χ2n) is 6.97. The van der Waals surface area contributed by atoms with E-state index in [1.807, 2.05) is 72.7 Å². The van der Waals surface area contributed by atoms with Crippen LogP contribution in [0.3, 0.4) is 0 Å². The monoisotopic (exact) mass is 376 g/mol. The minimum atomic E-state index is -0.0197. The van der Waals surface area contributed by atoms with Crippen molar-refractivity contribution in [1.82, 2.24) is 20.0 Å². The van der Waals surface area contributed by atoms with E-state index in [2.05, 4.69) is 5.32 Å². The molecule has 4 rings (SSSR count). The van der Waals surface area contributed by atoms with Crippen molar-refractivity contribution in [2.24, 2.45) is 0 Å². The molecule has 144 valence electrons. The number of ether oxygens (including phenoxy) is 1. The zero-order chi connectivity index (χ0) is 19.5. The molecule has 1 unspecified atom stereocenters. The summed E-state index contributed by atoms with van der Waals surface area (Å²) in [6.07, 6.45) is 2.79. The number of benzene rings is 2. The number of para-hydroxylation sites is 1. The number of aromatic nitrogens is 2. The lowest BCUT2D eigenvalue weighted by Crippen LogP contribution is -2.38. The summed E-state index contributed by atoms with van der Waals surface area (Å²) in [7, 11) is 3.50. The van der Waals surface area contributed by atoms with Crippen LogP contribution in [0.25, 0.3) is 16.9 Å². The van der Waals surface area contributed by atoms with Crippen molar-refractivity contribution in [3.8, 4) is 22.7 Å². The number of likely N-dealkylation sites (N-methyl/N-ethyl adjacent to an activating group) is 1. The quantitative estimate of drug-likeness (QED) is 0.744. The summed E-state index contributed by atoms with van der Waals surface area (Å²) in [6.45, 7) is 1.76. The van der Waals surface area contributed by atoms with Gasteiger partial charge in [0, 0.05) is 31.4 Å². The van der Waals surface area contributed by atoms with Crippen molar-refractivity contribution in [1.29, 1.82) is 0 Å². The number of rotatable bonds is 5. The number of hydrogen-bond acceptors (Lipinski definition) is 4. The zero-order valence-electron chi connectivity index (χ0n) is 16.1. The molecule has 3 aromatic rings. The third-order valence-electron chi connectivity index (χ3n) is 5.21. The predicted octanol–water partition coefficient (Wildman–Crippen LogP) is 2.98. The third kappa shape index (κ3) is 3.51. The molecule has 1 atom stereocenters. The Morgan fingerprint density at radius 2 is 2.04 bits per heavy atom. The molecular weight excluding hydrogens is 352 g/mol. The molecule has 0 radical (unpaired) electrons. The number of methoxy groups -OCH3 is 1. The van der Waals surface area contributed by atoms with E-state index in [1.165, 1.54) is 0 Å². The minimum absolute atomic E-state index is 0.0197. The normalized spacial score (nSPS) is 16.1. The molecule has 2 heterocycles. The van der Waals surface area contributed by atoms with Crippen LogP contribution in [0.5, 0.6) is 5.75 Å². The molecule has 0 aliphatic carbocycles. The number of nitrogens with one attached hydrogen (secondary N) is 1. The minimum Gasteiger partial charge on any atom is -0.497 e. The van der Waals surface area contributed by atoms with E-state index in [0.717, 1.165) is 36.5 Å². The van der Waals surface area contributed by atoms with Crippen LogP contribution in [0, 0.1) is 0 Å². The van der Waals surface area contributed by atoms with E-state index in [0.29, 0.717) is 11.3 Å². The topological polar surface area (TPSA) is 59.4 Å². The summed E-state index contributed by atoms with van der Waals surface area (Å²) < 4.78 is 7.13. The van der Waals surface area contributed by atoms with Crippen LogP contribution < -0.4 is 10.1 Å². The lowest BCUT2D eigenvalue weighted by Gasteiger charge is -2.23. The Labute approximate surface area is 164 Å². The Kier molecular flexibility index (Phi) is 5.12. The maximum absolute atomic E-state index is 13.3. The molecule has 1 amide bonds. The molecule has 6 heteroatoms. The first-order chi connectivity index (χ1) is 13.7. The van der Waals surface area contributed by atoms with E-state index >= 15 is 0 Å². The lowest BCUT2D eigenvalue weighted by atomic mass is 10.1. The van der Waals surface area contributed by atoms with Crippen LogP contribution in [0.15, 0.2) is 60.8 Å². The summed E-state index contributed by atoms with van der Waals surface area (Å²) >= 11 is 0. The SMILES string of the molecule is COc1cccc(-c2nn(-c3ccccc3)cc2C(=O)N(C)C2CCNC2)c1. The van der Waals surface area contributed by atoms with Crippen LogP contribution in [0.2, 0.25) is 0 Å². The van der Waals surface area contributed by atoms with E-state index in [9.17, 15) is 4.79 Å². The standard InChI is InChI=1S/C22H24N4O2/c1-25(18-11-12-23-14-18)22(27)20-15-26(17-8-4-3-5-9-17)24-21(20)16-7-6-10-19(13-16)28-2/h3-10,13,15,18,23H,11-12,14H2,1-2H3. The molecule has 2 aromatic carbocycles. The van der Waals surface area contributed by atoms with Crippen molar-refractivity contribution in [2.45, 2.75) is 12.5 Å². The molecule has 0 saturated carbocycles. The number of nitrogens with zero attached hydrogens (tertiary/aromatic N) is 3. The van der Waals surface area contributed by atoms with Crippen molar-refractivity contribution >= 4 is 5.91 Å². The molecule has 0 spiro atoms. The molecule has 1 N–H and O–H groups in total. The number of amides is 1. The van der Waals surface area contributed by atoms with Crippen molar-refractivity contribution in [2.75, 3.05) is 27.2 Å². The molecule has 1 saturated heterocycles. The number of carbonyl (C=O) groups is 1. The van der Waals surface area contributed by atoms with Crippen LogP contribution in [0.4, 0.5) is 0 Å². The molecule has 0 bridgehead atoms. The van der Waals surface area contributed by atoms with E-state index in [4.69, 9.17) is 9.84 Å². The molecule has 6 nitrogen and oxygen atoms in total. The third-order valence-corrected chi connectivity index (χ3v) is 5.21. The Hall–Kier alpha value is -3.12. The van der Waals surface area contributed by atoms with Gasteiger partial charge in [-0.25, -0.2) is 4.68 Å². The van der Waals surface area contributed by atoms with Gasteiger partial charge in [0.1, 0.15) is 11.4 Å². The Morgan fingerprint density at radius 1 is 1.21 bits per heavy atom. The number of carbonyl (C=O) groups excluding carboxylic acids is 1. The fourth-order valence-electron chi connectivity index (χ4n) is 3.55. The van der Waals surface area contributed by atoms with Crippen LogP contribution in [-0.4, -0.2) is 53.9 Å². The van der Waals surface area contributed by atoms with Gasteiger partial charge in [0.15, 0.2) is 0 Å². The van der Waals surface area contributed by atoms with Gasteiger partial charge >= 0.3 is 0 Å². The summed E-state index contributed by atoms with van der Waals surface area (Å²) in [4.78, 5) is 15.2. The summed E-state index contributed by atoms with van der Waals surface area (Å²) in [6, 6.07) is 17.7. The lowest BCUT2D eigenvalue weighted by molar-refractivity contribution is 0.0744. The van der Waals surface area contributed by atoms with Gasteiger partial charge < -0.3 is 15.0 Å². The molecule has 1 aliphatic heterocycles. The average Bonchev–Trinajstić information content (AvgIpc) is 3.44. The number of hydrogen-bond donors (Lipinski definition) is 1. The van der Waals surface area contributed by atoms with E-state index in [-0.39, 0.29) is 11.9 Å². The molecule has 1 fully saturated rings. The fraction of sp³-hybridized carbons (Fsp3) is 0.273. The smallest absolute Gasteiger partial charge is 0.257 e. The largest absolute Gasteiger partial charge is 0.497 e. The summed E-state index contributed by atoms with van der Waals surface area (Å²) in [5, 5.41) is 8.07. The molecule has 1 aromatic heterocycles. The van der Waals surface area contributed by atoms with Gasteiger partial charge in [0.25, 0.3) is 5.91 Å². The fourth-order valence-corrected chi connectivity index (χ4v) is 3.55. The summed E-state index contributed by atoms with van der Waals surface area (Å²) in [5.74, 6) is 0.715. The predicted molar refractivity (Wildman–Crippen MR) is 109 cm³/mol. The maximum Gasteiger partial charge on any atom is 0.257 e. The first kappa shape index (κ1) is 18.3. The van der Waals surface area contributed by atoms with Gasteiger partial charge in [-0.05, 0) is 37.2 Å². The average molecular weight is 376 g/mol. The van der Waals surface area contributed by atoms with Gasteiger partial charge in [-0.15, -0.1) is 0 Å². The Morgan fingerprint density at radius 3 is 2.75 bits per heavy atom. The first-order valence-corrected chi connectivity index (χ1v) is 9.45. The van der Waals surface area contributed by atoms with E-state index < -0.39 is 0 Å². The molecule has 28 heavy (non-hydrogen) atoms. The van der Waals surface area contributed by atoms with Gasteiger partial charge in [-0.2, -0.15) is 5.10 Å². The Balaban J connectivity index is 1.78. The van der Waals surface area contributed by atoms with Gasteiger partial charge in [-0.3, -0.25) is 4.79 Å². The maximum atomic E-state index is 13.3. The van der Waals surface area contributed by atoms with Gasteiger partial charge in [0.05, 0.1) is 18.4 Å². The highest BCUT2D eigenvalue weighted by Gasteiger charge is 2.28. The van der Waals surface area contributed by atoms with Crippen LogP contribution >= 0.6 is 0 Å². The van der Waals surface area contributed by atoms with Crippen molar-refractivity contribution < 1.29 is 9.53 Å². The highest BCUT2D eigenvalue weighted by Crippen LogP contribution is 2.28. The van der Waals surface area contributed by atoms with E-state index in [1.54, 1.807) is 11.8 Å². The summed E-state index contributed by atoms with van der Waals surface area (Å²) in [5.41, 5.74) is 3.02. The molecule has 1 aliphatic rings. The zero-order valence-corrected chi connectivity index (χ0v) is 16.1. The second-order valence-corrected chi connectivity index (χ2v) is 6.97. The highest BCUT2D eigenvalue weighted by molar-refractivity contribution is 6.00.